The molecule has 0 saturated heterocycles. The van der Waals surface area contributed by atoms with Crippen LogP contribution in [0.25, 0.3) is 0 Å². The second-order valence-electron chi connectivity index (χ2n) is 6.64. The van der Waals surface area contributed by atoms with E-state index in [-0.39, 0.29) is 18.4 Å². The van der Waals surface area contributed by atoms with E-state index in [2.05, 4.69) is 15.5 Å². The Hall–Kier alpha value is -2.37. The number of aryl methyl sites for hydroxylation is 2. The Balaban J connectivity index is 1.52. The average Bonchev–Trinajstić information content (AvgIpc) is 2.93. The Morgan fingerprint density at radius 2 is 2.12 bits per heavy atom. The fourth-order valence-electron chi connectivity index (χ4n) is 3.16. The van der Waals surface area contributed by atoms with E-state index in [0.29, 0.717) is 18.2 Å². The average molecular weight is 343 g/mol. The minimum atomic E-state index is -0.0547. The number of aromatic nitrogens is 2. The topological polar surface area (TPSA) is 77.3 Å². The Kier molecular flexibility index (Phi) is 5.68. The number of amides is 1. The third-order valence-corrected chi connectivity index (χ3v) is 4.65. The number of pyridine rings is 1. The van der Waals surface area contributed by atoms with Crippen molar-refractivity contribution in [2.75, 3.05) is 0 Å². The molecule has 134 valence electrons. The van der Waals surface area contributed by atoms with Crippen LogP contribution in [0.2, 0.25) is 0 Å². The number of nitrogens with zero attached hydrogens (tertiary/aromatic N) is 2. The Bertz CT molecular complexity index is 701. The lowest BCUT2D eigenvalue weighted by Gasteiger charge is -2.22. The zero-order valence-electron chi connectivity index (χ0n) is 14.9. The lowest BCUT2D eigenvalue weighted by molar-refractivity contribution is -0.120. The highest BCUT2D eigenvalue weighted by Gasteiger charge is 2.16. The largest absolute Gasteiger partial charge is 0.474 e. The normalized spacial score (nSPS) is 15.1. The van der Waals surface area contributed by atoms with Gasteiger partial charge in [-0.15, -0.1) is 0 Å². The van der Waals surface area contributed by atoms with Crippen molar-refractivity contribution < 1.29 is 14.1 Å². The van der Waals surface area contributed by atoms with Crippen molar-refractivity contribution in [3.8, 4) is 5.88 Å². The predicted octanol–water partition coefficient (Wildman–Crippen LogP) is 3.26. The molecule has 0 spiro atoms. The van der Waals surface area contributed by atoms with Crippen LogP contribution in [0.3, 0.4) is 0 Å². The number of rotatable bonds is 6. The summed E-state index contributed by atoms with van der Waals surface area (Å²) in [5.41, 5.74) is 2.60. The van der Waals surface area contributed by atoms with Gasteiger partial charge >= 0.3 is 0 Å². The molecule has 1 saturated carbocycles. The monoisotopic (exact) mass is 343 g/mol. The van der Waals surface area contributed by atoms with E-state index in [0.717, 1.165) is 29.7 Å². The minimum absolute atomic E-state index is 0.0547. The van der Waals surface area contributed by atoms with Crippen molar-refractivity contribution in [2.45, 2.75) is 65.0 Å². The van der Waals surface area contributed by atoms with Crippen LogP contribution in [-0.2, 0) is 17.8 Å². The first-order valence-electron chi connectivity index (χ1n) is 8.92. The number of hydrogen-bond donors (Lipinski definition) is 1. The van der Waals surface area contributed by atoms with E-state index in [1.165, 1.54) is 19.3 Å². The standard InChI is InChI=1S/C19H25N3O3/c1-13-17(14(2)25-22-13)11-18(23)21-12-15-8-9-20-19(10-15)24-16-6-4-3-5-7-16/h8-10,16H,3-7,11-12H2,1-2H3,(H,21,23). The van der Waals surface area contributed by atoms with E-state index >= 15 is 0 Å². The van der Waals surface area contributed by atoms with Gasteiger partial charge in [-0.3, -0.25) is 4.79 Å². The van der Waals surface area contributed by atoms with Crippen molar-refractivity contribution in [3.63, 3.8) is 0 Å². The summed E-state index contributed by atoms with van der Waals surface area (Å²) in [6.07, 6.45) is 8.21. The van der Waals surface area contributed by atoms with Crippen molar-refractivity contribution in [1.82, 2.24) is 15.5 Å². The summed E-state index contributed by atoms with van der Waals surface area (Å²) >= 11 is 0. The molecule has 1 aliphatic rings. The summed E-state index contributed by atoms with van der Waals surface area (Å²) in [5, 5.41) is 6.81. The van der Waals surface area contributed by atoms with Crippen LogP contribution in [0.5, 0.6) is 5.88 Å². The molecule has 6 nitrogen and oxygen atoms in total. The van der Waals surface area contributed by atoms with Crippen LogP contribution in [0.15, 0.2) is 22.9 Å². The van der Waals surface area contributed by atoms with Gasteiger partial charge in [0.1, 0.15) is 11.9 Å². The molecule has 0 aromatic carbocycles. The van der Waals surface area contributed by atoms with Crippen LogP contribution in [0.1, 0.15) is 54.7 Å². The van der Waals surface area contributed by atoms with Crippen LogP contribution in [0.4, 0.5) is 0 Å². The minimum Gasteiger partial charge on any atom is -0.474 e. The van der Waals surface area contributed by atoms with Gasteiger partial charge in [-0.25, -0.2) is 4.98 Å². The molecule has 6 heteroatoms. The quantitative estimate of drug-likeness (QED) is 0.871. The first-order valence-corrected chi connectivity index (χ1v) is 8.92. The van der Waals surface area contributed by atoms with Crippen molar-refractivity contribution in [1.29, 1.82) is 0 Å². The molecule has 25 heavy (non-hydrogen) atoms. The van der Waals surface area contributed by atoms with Gasteiger partial charge in [-0.2, -0.15) is 0 Å². The number of hydrogen-bond acceptors (Lipinski definition) is 5. The van der Waals surface area contributed by atoms with E-state index in [1.807, 2.05) is 26.0 Å². The molecular weight excluding hydrogens is 318 g/mol. The van der Waals surface area contributed by atoms with E-state index < -0.39 is 0 Å². The Labute approximate surface area is 148 Å². The summed E-state index contributed by atoms with van der Waals surface area (Å²) in [6, 6.07) is 3.80. The second-order valence-corrected chi connectivity index (χ2v) is 6.64. The summed E-state index contributed by atoms with van der Waals surface area (Å²) in [4.78, 5) is 16.5. The van der Waals surface area contributed by atoms with Gasteiger partial charge in [0.05, 0.1) is 12.1 Å². The molecule has 2 heterocycles. The van der Waals surface area contributed by atoms with Crippen LogP contribution >= 0.6 is 0 Å². The van der Waals surface area contributed by atoms with Crippen LogP contribution in [-0.4, -0.2) is 22.2 Å². The summed E-state index contributed by atoms with van der Waals surface area (Å²) in [7, 11) is 0. The second kappa shape index (κ2) is 8.14. The molecule has 0 aliphatic heterocycles. The van der Waals surface area contributed by atoms with Gasteiger partial charge in [-0.1, -0.05) is 11.6 Å². The summed E-state index contributed by atoms with van der Waals surface area (Å²) in [5.74, 6) is 1.28. The summed E-state index contributed by atoms with van der Waals surface area (Å²) in [6.45, 7) is 4.11. The summed E-state index contributed by atoms with van der Waals surface area (Å²) < 4.78 is 11.1. The van der Waals surface area contributed by atoms with E-state index in [4.69, 9.17) is 9.26 Å². The van der Waals surface area contributed by atoms with Crippen LogP contribution in [0, 0.1) is 13.8 Å². The third-order valence-electron chi connectivity index (χ3n) is 4.65. The molecule has 1 aliphatic carbocycles. The molecule has 1 amide bonds. The maximum absolute atomic E-state index is 12.2. The smallest absolute Gasteiger partial charge is 0.224 e. The number of nitrogens with one attached hydrogen (secondary N) is 1. The number of carbonyl (C=O) groups excluding carboxylic acids is 1. The maximum atomic E-state index is 12.2. The molecule has 0 unspecified atom stereocenters. The van der Waals surface area contributed by atoms with Crippen molar-refractivity contribution in [3.05, 3.63) is 40.9 Å². The lowest BCUT2D eigenvalue weighted by Crippen LogP contribution is -2.25. The number of ether oxygens (including phenoxy) is 1. The first-order chi connectivity index (χ1) is 12.1. The van der Waals surface area contributed by atoms with Gasteiger partial charge in [0, 0.05) is 24.4 Å². The fraction of sp³-hybridized carbons (Fsp3) is 0.526. The molecule has 0 atom stereocenters. The van der Waals surface area contributed by atoms with E-state index in [9.17, 15) is 4.79 Å². The lowest BCUT2D eigenvalue weighted by atomic mass is 9.98. The maximum Gasteiger partial charge on any atom is 0.224 e. The molecule has 3 rings (SSSR count). The van der Waals surface area contributed by atoms with Crippen molar-refractivity contribution in [2.24, 2.45) is 0 Å². The number of carbonyl (C=O) groups is 1. The molecule has 0 radical (unpaired) electrons. The fourth-order valence-corrected chi connectivity index (χ4v) is 3.16. The Morgan fingerprint density at radius 1 is 1.32 bits per heavy atom. The third kappa shape index (κ3) is 4.81. The predicted molar refractivity (Wildman–Crippen MR) is 93.3 cm³/mol. The highest BCUT2D eigenvalue weighted by Crippen LogP contribution is 2.22. The van der Waals surface area contributed by atoms with E-state index in [1.54, 1.807) is 6.20 Å². The van der Waals surface area contributed by atoms with Gasteiger partial charge in [0.25, 0.3) is 0 Å². The van der Waals surface area contributed by atoms with Gasteiger partial charge in [0.2, 0.25) is 11.8 Å². The zero-order valence-corrected chi connectivity index (χ0v) is 14.9. The highest BCUT2D eigenvalue weighted by atomic mass is 16.5. The SMILES string of the molecule is Cc1noc(C)c1CC(=O)NCc1ccnc(OC2CCCCC2)c1. The zero-order chi connectivity index (χ0) is 17.6. The van der Waals surface area contributed by atoms with Crippen molar-refractivity contribution >= 4 is 5.91 Å². The van der Waals surface area contributed by atoms with Gasteiger partial charge in [-0.05, 0) is 51.2 Å². The Morgan fingerprint density at radius 3 is 2.84 bits per heavy atom. The molecule has 2 aromatic rings. The molecule has 1 N–H and O–H groups in total. The van der Waals surface area contributed by atoms with Crippen LogP contribution < -0.4 is 10.1 Å². The molecule has 0 bridgehead atoms. The highest BCUT2D eigenvalue weighted by molar-refractivity contribution is 5.79. The molecule has 1 fully saturated rings. The molecular formula is C19H25N3O3. The van der Waals surface area contributed by atoms with Gasteiger partial charge in [0.15, 0.2) is 0 Å². The molecule has 2 aromatic heterocycles. The first kappa shape index (κ1) is 17.5. The van der Waals surface area contributed by atoms with Gasteiger partial charge < -0.3 is 14.6 Å².